The van der Waals surface area contributed by atoms with Crippen LogP contribution in [0.1, 0.15) is 10.4 Å². The van der Waals surface area contributed by atoms with Crippen LogP contribution in [0.5, 0.6) is 5.75 Å². The van der Waals surface area contributed by atoms with E-state index in [-0.39, 0.29) is 5.39 Å². The summed E-state index contributed by atoms with van der Waals surface area (Å²) in [6.07, 6.45) is 0. The molecule has 8 heteroatoms. The number of aromatic carboxylic acids is 1. The van der Waals surface area contributed by atoms with Crippen molar-refractivity contribution in [3.63, 3.8) is 0 Å². The van der Waals surface area contributed by atoms with Gasteiger partial charge in [-0.3, -0.25) is 4.57 Å². The number of carbonyl (C=O) groups is 1. The standard InChI is InChI=1S/C11H8BrO6P/c12-6-1-2-7-5(3-6)4-8(11(14)15)10(9(7)13)19(16,17)18/h1-4,13H,(H,14,15)(H2,16,17,18). The highest BCUT2D eigenvalue weighted by Crippen LogP contribution is 2.42. The van der Waals surface area contributed by atoms with E-state index in [4.69, 9.17) is 5.11 Å². The van der Waals surface area contributed by atoms with E-state index in [1.54, 1.807) is 12.1 Å². The highest BCUT2D eigenvalue weighted by molar-refractivity contribution is 9.10. The van der Waals surface area contributed by atoms with Crippen molar-refractivity contribution in [3.8, 4) is 5.75 Å². The number of benzene rings is 2. The van der Waals surface area contributed by atoms with Crippen LogP contribution in [0.15, 0.2) is 28.7 Å². The van der Waals surface area contributed by atoms with Gasteiger partial charge in [0.25, 0.3) is 0 Å². The third-order valence-electron chi connectivity index (χ3n) is 2.57. The van der Waals surface area contributed by atoms with Gasteiger partial charge in [-0.25, -0.2) is 4.79 Å². The zero-order valence-electron chi connectivity index (χ0n) is 9.24. The molecule has 0 spiro atoms. The third kappa shape index (κ3) is 2.50. The molecule has 0 saturated carbocycles. The minimum absolute atomic E-state index is 0.173. The maximum atomic E-state index is 11.4. The van der Waals surface area contributed by atoms with E-state index in [2.05, 4.69) is 15.9 Å². The van der Waals surface area contributed by atoms with Crippen LogP contribution in [0.4, 0.5) is 0 Å². The maximum Gasteiger partial charge on any atom is 0.360 e. The summed E-state index contributed by atoms with van der Waals surface area (Å²) in [4.78, 5) is 29.5. The van der Waals surface area contributed by atoms with E-state index in [0.29, 0.717) is 9.86 Å². The molecule has 0 saturated heterocycles. The molecular weight excluding hydrogens is 339 g/mol. The molecule has 0 unspecified atom stereocenters. The summed E-state index contributed by atoms with van der Waals surface area (Å²) >= 11 is 3.19. The Hall–Kier alpha value is -1.40. The number of hydrogen-bond donors (Lipinski definition) is 4. The lowest BCUT2D eigenvalue weighted by Gasteiger charge is -2.13. The Morgan fingerprint density at radius 3 is 2.37 bits per heavy atom. The van der Waals surface area contributed by atoms with Crippen LogP contribution >= 0.6 is 23.5 Å². The van der Waals surface area contributed by atoms with Crippen molar-refractivity contribution < 1.29 is 29.4 Å². The average Bonchev–Trinajstić information content (AvgIpc) is 2.25. The van der Waals surface area contributed by atoms with Gasteiger partial charge in [-0.15, -0.1) is 0 Å². The summed E-state index contributed by atoms with van der Waals surface area (Å²) in [5.74, 6) is -2.23. The lowest BCUT2D eigenvalue weighted by atomic mass is 10.1. The summed E-state index contributed by atoms with van der Waals surface area (Å²) in [5.41, 5.74) is -0.614. The van der Waals surface area contributed by atoms with Crippen molar-refractivity contribution in [1.29, 1.82) is 0 Å². The summed E-state index contributed by atoms with van der Waals surface area (Å²) in [6, 6.07) is 5.69. The van der Waals surface area contributed by atoms with Crippen molar-refractivity contribution in [2.45, 2.75) is 0 Å². The molecule has 0 bridgehead atoms. The zero-order valence-corrected chi connectivity index (χ0v) is 11.7. The minimum atomic E-state index is -4.91. The topological polar surface area (TPSA) is 115 Å². The number of carboxylic acids is 1. The monoisotopic (exact) mass is 346 g/mol. The predicted molar refractivity (Wildman–Crippen MR) is 72.0 cm³/mol. The van der Waals surface area contributed by atoms with Crippen LogP contribution in [0.2, 0.25) is 0 Å². The molecule has 0 radical (unpaired) electrons. The second-order valence-electron chi connectivity index (χ2n) is 3.84. The lowest BCUT2D eigenvalue weighted by molar-refractivity contribution is 0.0697. The first-order valence-corrected chi connectivity index (χ1v) is 7.37. The van der Waals surface area contributed by atoms with Crippen LogP contribution in [-0.4, -0.2) is 26.0 Å². The van der Waals surface area contributed by atoms with Gasteiger partial charge in [0.05, 0.1) is 5.56 Å². The molecule has 0 atom stereocenters. The Morgan fingerprint density at radius 2 is 1.84 bits per heavy atom. The molecule has 0 aliphatic heterocycles. The van der Waals surface area contributed by atoms with E-state index in [9.17, 15) is 24.3 Å². The quantitative estimate of drug-likeness (QED) is 0.616. The Bertz CT molecular complexity index is 736. The van der Waals surface area contributed by atoms with Crippen LogP contribution in [0, 0.1) is 0 Å². The summed E-state index contributed by atoms with van der Waals surface area (Å²) in [6.45, 7) is 0. The van der Waals surface area contributed by atoms with E-state index in [0.717, 1.165) is 6.07 Å². The first kappa shape index (κ1) is 14.0. The van der Waals surface area contributed by atoms with E-state index in [1.165, 1.54) is 6.07 Å². The molecule has 2 aromatic rings. The lowest BCUT2D eigenvalue weighted by Crippen LogP contribution is -2.16. The fourth-order valence-electron chi connectivity index (χ4n) is 1.81. The smallest absolute Gasteiger partial charge is 0.360 e. The molecular formula is C11H8BrO6P. The van der Waals surface area contributed by atoms with Crippen molar-refractivity contribution in [3.05, 3.63) is 34.3 Å². The van der Waals surface area contributed by atoms with Gasteiger partial charge >= 0.3 is 13.6 Å². The zero-order chi connectivity index (χ0) is 14.4. The molecule has 0 heterocycles. The average molecular weight is 347 g/mol. The predicted octanol–water partition coefficient (Wildman–Crippen LogP) is 1.81. The van der Waals surface area contributed by atoms with Gasteiger partial charge in [0, 0.05) is 9.86 Å². The Morgan fingerprint density at radius 1 is 1.21 bits per heavy atom. The molecule has 2 rings (SSSR count). The van der Waals surface area contributed by atoms with Crippen LogP contribution in [-0.2, 0) is 4.57 Å². The molecule has 19 heavy (non-hydrogen) atoms. The summed E-state index contributed by atoms with van der Waals surface area (Å²) in [5, 5.41) is 18.6. The highest BCUT2D eigenvalue weighted by Gasteiger charge is 2.30. The number of carboxylic acid groups (broad SMARTS) is 1. The first-order valence-electron chi connectivity index (χ1n) is 4.96. The van der Waals surface area contributed by atoms with E-state index >= 15 is 0 Å². The molecule has 6 nitrogen and oxygen atoms in total. The van der Waals surface area contributed by atoms with Gasteiger partial charge in [0.2, 0.25) is 0 Å². The fourth-order valence-corrected chi connectivity index (χ4v) is 3.05. The minimum Gasteiger partial charge on any atom is -0.506 e. The molecule has 100 valence electrons. The SMILES string of the molecule is O=C(O)c1cc2cc(Br)ccc2c(O)c1P(=O)(O)O. The third-order valence-corrected chi connectivity index (χ3v) is 4.10. The van der Waals surface area contributed by atoms with E-state index in [1.807, 2.05) is 0 Å². The number of rotatable bonds is 2. The second-order valence-corrected chi connectivity index (χ2v) is 6.29. The van der Waals surface area contributed by atoms with Gasteiger partial charge in [-0.05, 0) is 29.7 Å². The number of phenols is 1. The Labute approximate surface area is 115 Å². The van der Waals surface area contributed by atoms with Gasteiger partial charge in [0.15, 0.2) is 0 Å². The molecule has 0 aromatic heterocycles. The molecule has 2 aromatic carbocycles. The van der Waals surface area contributed by atoms with E-state index < -0.39 is 30.2 Å². The molecule has 0 aliphatic rings. The van der Waals surface area contributed by atoms with Gasteiger partial charge in [0.1, 0.15) is 11.1 Å². The number of hydrogen-bond acceptors (Lipinski definition) is 3. The van der Waals surface area contributed by atoms with Crippen LogP contribution < -0.4 is 5.30 Å². The number of aromatic hydroxyl groups is 1. The molecule has 0 fully saturated rings. The first-order chi connectivity index (χ1) is 8.71. The van der Waals surface area contributed by atoms with Gasteiger partial charge in [-0.2, -0.15) is 0 Å². The Balaban J connectivity index is 2.98. The number of phenolic OH excluding ortho intramolecular Hbond substituents is 1. The molecule has 4 N–H and O–H groups in total. The van der Waals surface area contributed by atoms with Crippen molar-refractivity contribution in [1.82, 2.24) is 0 Å². The molecule has 0 amide bonds. The summed E-state index contributed by atoms with van der Waals surface area (Å²) in [7, 11) is -4.91. The van der Waals surface area contributed by atoms with Gasteiger partial charge in [-0.1, -0.05) is 15.9 Å². The summed E-state index contributed by atoms with van der Waals surface area (Å²) < 4.78 is 12.0. The number of halogens is 1. The van der Waals surface area contributed by atoms with Crippen LogP contribution in [0.25, 0.3) is 10.8 Å². The largest absolute Gasteiger partial charge is 0.506 e. The maximum absolute atomic E-state index is 11.4. The van der Waals surface area contributed by atoms with Crippen LogP contribution in [0.3, 0.4) is 0 Å². The van der Waals surface area contributed by atoms with Crippen molar-refractivity contribution in [2.75, 3.05) is 0 Å². The van der Waals surface area contributed by atoms with Crippen molar-refractivity contribution in [2.24, 2.45) is 0 Å². The molecule has 0 aliphatic carbocycles. The van der Waals surface area contributed by atoms with Gasteiger partial charge < -0.3 is 20.0 Å². The van der Waals surface area contributed by atoms with Crippen molar-refractivity contribution >= 4 is 45.6 Å². The second kappa shape index (κ2) is 4.61. The fraction of sp³-hybridized carbons (Fsp3) is 0. The Kier molecular flexibility index (Phi) is 3.40. The number of fused-ring (bicyclic) bond motifs is 1. The highest BCUT2D eigenvalue weighted by atomic mass is 79.9. The normalized spacial score (nSPS) is 11.7.